The fraction of sp³-hybridized carbons (Fsp3) is 0.500. The summed E-state index contributed by atoms with van der Waals surface area (Å²) in [6, 6.07) is 3.67. The van der Waals surface area contributed by atoms with Gasteiger partial charge < -0.3 is 37.6 Å². The van der Waals surface area contributed by atoms with E-state index >= 15 is 0 Å². The molecule has 0 radical (unpaired) electrons. The van der Waals surface area contributed by atoms with Crippen LogP contribution in [0, 0.1) is 0 Å². The van der Waals surface area contributed by atoms with E-state index in [1.54, 1.807) is 30.3 Å². The highest BCUT2D eigenvalue weighted by Crippen LogP contribution is 2.07. The second-order valence-corrected chi connectivity index (χ2v) is 8.25. The lowest BCUT2D eigenvalue weighted by Crippen LogP contribution is -2.57. The van der Waals surface area contributed by atoms with Gasteiger partial charge >= 0.3 is 11.9 Å². The van der Waals surface area contributed by atoms with Crippen LogP contribution in [0.15, 0.2) is 30.3 Å². The van der Waals surface area contributed by atoms with Crippen molar-refractivity contribution in [1.82, 2.24) is 16.0 Å². The van der Waals surface area contributed by atoms with Crippen molar-refractivity contribution in [2.75, 3.05) is 12.3 Å². The summed E-state index contributed by atoms with van der Waals surface area (Å²) in [5, 5.41) is 25.8. The number of unbranched alkanes of at least 4 members (excludes halogenated alkanes) is 1. The molecule has 0 aromatic heterocycles. The summed E-state index contributed by atoms with van der Waals surface area (Å²) in [5.41, 5.74) is 11.8. The third kappa shape index (κ3) is 11.2. The Bertz CT molecular complexity index is 871. The fourth-order valence-corrected chi connectivity index (χ4v) is 3.27. The van der Waals surface area contributed by atoms with E-state index in [0.29, 0.717) is 24.9 Å². The Morgan fingerprint density at radius 1 is 0.857 bits per heavy atom. The molecule has 0 fully saturated rings. The number of benzene rings is 1. The highest BCUT2D eigenvalue weighted by Gasteiger charge is 2.31. The molecule has 1 aromatic carbocycles. The Morgan fingerprint density at radius 2 is 1.43 bits per heavy atom. The van der Waals surface area contributed by atoms with E-state index < -0.39 is 60.2 Å². The molecule has 13 heteroatoms. The third-order valence-electron chi connectivity index (χ3n) is 5.02. The minimum atomic E-state index is -1.50. The first-order valence-electron chi connectivity index (χ1n) is 11.0. The van der Waals surface area contributed by atoms with Gasteiger partial charge in [0.05, 0.1) is 12.5 Å². The molecule has 12 nitrogen and oxygen atoms in total. The molecule has 0 saturated heterocycles. The van der Waals surface area contributed by atoms with Gasteiger partial charge in [-0.1, -0.05) is 30.3 Å². The molecule has 4 unspecified atom stereocenters. The number of carbonyl (C=O) groups is 5. The number of hydrogen-bond acceptors (Lipinski definition) is 8. The number of rotatable bonds is 16. The van der Waals surface area contributed by atoms with Crippen LogP contribution in [0.5, 0.6) is 0 Å². The van der Waals surface area contributed by atoms with Crippen LogP contribution >= 0.6 is 12.6 Å². The van der Waals surface area contributed by atoms with Gasteiger partial charge in [0.1, 0.15) is 18.1 Å². The van der Waals surface area contributed by atoms with Crippen LogP contribution in [0.2, 0.25) is 0 Å². The smallest absolute Gasteiger partial charge is 0.326 e. The molecule has 3 amide bonds. The largest absolute Gasteiger partial charge is 0.481 e. The summed E-state index contributed by atoms with van der Waals surface area (Å²) in [6.07, 6.45) is 0.366. The number of carboxylic acid groups (broad SMARTS) is 2. The van der Waals surface area contributed by atoms with E-state index in [4.69, 9.17) is 16.6 Å². The number of amides is 3. The highest BCUT2D eigenvalue weighted by molar-refractivity contribution is 7.80. The lowest BCUT2D eigenvalue weighted by molar-refractivity contribution is -0.143. The SMILES string of the molecule is NCCCCC(NC(=O)C(CC(=O)O)NC(=O)C(N)CS)C(=O)NC(Cc1ccccc1)C(=O)O. The number of nitrogens with one attached hydrogen (secondary N) is 3. The maximum absolute atomic E-state index is 12.9. The molecular formula is C22H33N5O7S. The number of aliphatic carboxylic acids is 2. The van der Waals surface area contributed by atoms with Gasteiger partial charge in [-0.3, -0.25) is 19.2 Å². The first kappa shape index (κ1) is 29.9. The van der Waals surface area contributed by atoms with Crippen molar-refractivity contribution >= 4 is 42.3 Å². The van der Waals surface area contributed by atoms with Crippen molar-refractivity contribution in [2.45, 2.75) is 56.3 Å². The van der Waals surface area contributed by atoms with Crippen molar-refractivity contribution < 1.29 is 34.2 Å². The average molecular weight is 512 g/mol. The van der Waals surface area contributed by atoms with E-state index in [9.17, 15) is 29.1 Å². The molecule has 0 aliphatic rings. The number of thiol groups is 1. The molecule has 194 valence electrons. The monoisotopic (exact) mass is 511 g/mol. The Balaban J connectivity index is 3.00. The second-order valence-electron chi connectivity index (χ2n) is 7.88. The Morgan fingerprint density at radius 3 is 1.97 bits per heavy atom. The highest BCUT2D eigenvalue weighted by atomic mass is 32.1. The van der Waals surface area contributed by atoms with Gasteiger partial charge in [0.2, 0.25) is 17.7 Å². The van der Waals surface area contributed by atoms with Crippen LogP contribution in [0.4, 0.5) is 0 Å². The van der Waals surface area contributed by atoms with E-state index in [2.05, 4.69) is 28.6 Å². The van der Waals surface area contributed by atoms with Crippen LogP contribution < -0.4 is 27.4 Å². The summed E-state index contributed by atoms with van der Waals surface area (Å²) >= 11 is 3.90. The molecule has 4 atom stereocenters. The van der Waals surface area contributed by atoms with Gasteiger partial charge in [0.15, 0.2) is 0 Å². The van der Waals surface area contributed by atoms with Crippen molar-refractivity contribution in [3.8, 4) is 0 Å². The van der Waals surface area contributed by atoms with E-state index in [1.807, 2.05) is 0 Å². The fourth-order valence-electron chi connectivity index (χ4n) is 3.10. The van der Waals surface area contributed by atoms with Gasteiger partial charge in [-0.25, -0.2) is 4.79 Å². The van der Waals surface area contributed by atoms with Gasteiger partial charge in [0.25, 0.3) is 0 Å². The maximum atomic E-state index is 12.9. The normalized spacial score (nSPS) is 14.1. The molecule has 9 N–H and O–H groups in total. The molecule has 0 bridgehead atoms. The summed E-state index contributed by atoms with van der Waals surface area (Å²) in [5.74, 6) is -5.11. The van der Waals surface area contributed by atoms with Crippen LogP contribution in [0.3, 0.4) is 0 Å². The second kappa shape index (κ2) is 15.7. The standard InChI is InChI=1S/C22H33N5O7S/c23-9-5-4-8-15(20(31)27-17(22(33)34)10-13-6-2-1-3-7-13)25-21(32)16(11-18(28)29)26-19(30)14(24)12-35/h1-3,6-7,14-17,35H,4-5,8-12,23-24H2,(H,25,32)(H,26,30)(H,27,31)(H,28,29)(H,33,34). The van der Waals surface area contributed by atoms with Crippen molar-refractivity contribution in [3.63, 3.8) is 0 Å². The van der Waals surface area contributed by atoms with Gasteiger partial charge in [-0.15, -0.1) is 0 Å². The van der Waals surface area contributed by atoms with Crippen LogP contribution in [0.1, 0.15) is 31.2 Å². The summed E-state index contributed by atoms with van der Waals surface area (Å²) < 4.78 is 0. The van der Waals surface area contributed by atoms with Crippen molar-refractivity contribution in [3.05, 3.63) is 35.9 Å². The molecule has 35 heavy (non-hydrogen) atoms. The average Bonchev–Trinajstić information content (AvgIpc) is 2.82. The third-order valence-corrected chi connectivity index (χ3v) is 5.42. The zero-order valence-corrected chi connectivity index (χ0v) is 20.1. The Labute approximate surface area is 208 Å². The minimum Gasteiger partial charge on any atom is -0.481 e. The number of carbonyl (C=O) groups excluding carboxylic acids is 3. The molecule has 1 rings (SSSR count). The summed E-state index contributed by atoms with van der Waals surface area (Å²) in [7, 11) is 0. The molecule has 0 spiro atoms. The maximum Gasteiger partial charge on any atom is 0.326 e. The first-order valence-corrected chi connectivity index (χ1v) is 11.7. The quantitative estimate of drug-likeness (QED) is 0.0969. The molecule has 0 saturated carbocycles. The van der Waals surface area contributed by atoms with Crippen LogP contribution in [-0.4, -0.2) is 76.3 Å². The number of hydrogen-bond donors (Lipinski definition) is 8. The lowest BCUT2D eigenvalue weighted by atomic mass is 10.0. The van der Waals surface area contributed by atoms with Crippen LogP contribution in [-0.2, 0) is 30.4 Å². The minimum absolute atomic E-state index is 0.0185. The summed E-state index contributed by atoms with van der Waals surface area (Å²) in [4.78, 5) is 60.8. The van der Waals surface area contributed by atoms with Crippen molar-refractivity contribution in [1.29, 1.82) is 0 Å². The Kier molecular flexibility index (Phi) is 13.4. The number of carboxylic acids is 2. The number of nitrogens with two attached hydrogens (primary N) is 2. The van der Waals surface area contributed by atoms with E-state index in [-0.39, 0.29) is 18.6 Å². The van der Waals surface area contributed by atoms with Gasteiger partial charge in [-0.05, 0) is 31.4 Å². The topological polar surface area (TPSA) is 214 Å². The van der Waals surface area contributed by atoms with Crippen molar-refractivity contribution in [2.24, 2.45) is 11.5 Å². The Hall–Kier alpha value is -3.16. The molecular weight excluding hydrogens is 478 g/mol. The van der Waals surface area contributed by atoms with Crippen LogP contribution in [0.25, 0.3) is 0 Å². The molecule has 1 aromatic rings. The van der Waals surface area contributed by atoms with E-state index in [1.165, 1.54) is 0 Å². The molecule has 0 aliphatic carbocycles. The summed E-state index contributed by atoms with van der Waals surface area (Å²) in [6.45, 7) is 0.341. The molecule has 0 aliphatic heterocycles. The molecule has 0 heterocycles. The predicted octanol–water partition coefficient (Wildman–Crippen LogP) is -1.37. The first-order chi connectivity index (χ1) is 16.6. The predicted molar refractivity (Wildman–Crippen MR) is 131 cm³/mol. The van der Waals surface area contributed by atoms with Gasteiger partial charge in [-0.2, -0.15) is 12.6 Å². The van der Waals surface area contributed by atoms with E-state index in [0.717, 1.165) is 0 Å². The zero-order valence-electron chi connectivity index (χ0n) is 19.2. The zero-order chi connectivity index (χ0) is 26.4. The van der Waals surface area contributed by atoms with Gasteiger partial charge in [0, 0.05) is 12.2 Å². The lowest BCUT2D eigenvalue weighted by Gasteiger charge is -2.24.